The van der Waals surface area contributed by atoms with Crippen molar-refractivity contribution in [2.45, 2.75) is 29.4 Å². The molecule has 4 nitrogen and oxygen atoms in total. The second-order valence-corrected chi connectivity index (χ2v) is 7.74. The zero-order chi connectivity index (χ0) is 15.5. The first-order chi connectivity index (χ1) is 9.95. The van der Waals surface area contributed by atoms with Gasteiger partial charge in [-0.1, -0.05) is 17.7 Å². The van der Waals surface area contributed by atoms with Gasteiger partial charge in [0.2, 0.25) is 5.91 Å². The Morgan fingerprint density at radius 3 is 2.67 bits per heavy atom. The summed E-state index contributed by atoms with van der Waals surface area (Å²) in [6.07, 6.45) is 3.17. The molecule has 0 aromatic heterocycles. The van der Waals surface area contributed by atoms with E-state index in [0.717, 1.165) is 0 Å². The van der Waals surface area contributed by atoms with Gasteiger partial charge < -0.3 is 4.90 Å². The smallest absolute Gasteiger partial charge is 0.222 e. The summed E-state index contributed by atoms with van der Waals surface area (Å²) < 4.78 is 25.1. The first-order valence-corrected chi connectivity index (χ1v) is 8.75. The number of hydrogen-bond acceptors (Lipinski definition) is 3. The SMILES string of the molecule is C=CCCC(=O)N1CCC(S(=O)(=O)c2ccc(Cl)cc2)C1. The van der Waals surface area contributed by atoms with Crippen LogP contribution in [-0.4, -0.2) is 37.6 Å². The van der Waals surface area contributed by atoms with E-state index in [4.69, 9.17) is 11.6 Å². The van der Waals surface area contributed by atoms with Crippen LogP contribution in [0.4, 0.5) is 0 Å². The van der Waals surface area contributed by atoms with E-state index >= 15 is 0 Å². The Bertz CT molecular complexity index is 625. The van der Waals surface area contributed by atoms with Crippen LogP contribution in [0.15, 0.2) is 41.8 Å². The van der Waals surface area contributed by atoms with Crippen LogP contribution in [0.25, 0.3) is 0 Å². The lowest BCUT2D eigenvalue weighted by molar-refractivity contribution is -0.130. The van der Waals surface area contributed by atoms with Gasteiger partial charge >= 0.3 is 0 Å². The number of sulfone groups is 1. The molecule has 1 saturated heterocycles. The predicted octanol–water partition coefficient (Wildman–Crippen LogP) is 2.68. The van der Waals surface area contributed by atoms with Gasteiger partial charge in [-0.05, 0) is 37.1 Å². The Labute approximate surface area is 130 Å². The zero-order valence-corrected chi connectivity index (χ0v) is 13.2. The van der Waals surface area contributed by atoms with Gasteiger partial charge in [0.05, 0.1) is 10.1 Å². The van der Waals surface area contributed by atoms with E-state index < -0.39 is 15.1 Å². The summed E-state index contributed by atoms with van der Waals surface area (Å²) in [5.74, 6) is -0.0105. The molecule has 0 N–H and O–H groups in total. The molecule has 1 fully saturated rings. The second-order valence-electron chi connectivity index (χ2n) is 5.08. The first kappa shape index (κ1) is 16.0. The largest absolute Gasteiger partial charge is 0.341 e. The normalized spacial score (nSPS) is 18.7. The van der Waals surface area contributed by atoms with Gasteiger partial charge in [0.15, 0.2) is 9.84 Å². The number of amides is 1. The number of carbonyl (C=O) groups is 1. The van der Waals surface area contributed by atoms with E-state index in [0.29, 0.717) is 30.8 Å². The maximum absolute atomic E-state index is 12.5. The highest BCUT2D eigenvalue weighted by Crippen LogP contribution is 2.25. The summed E-state index contributed by atoms with van der Waals surface area (Å²) in [4.78, 5) is 13.8. The van der Waals surface area contributed by atoms with Crippen LogP contribution in [-0.2, 0) is 14.6 Å². The number of benzene rings is 1. The lowest BCUT2D eigenvalue weighted by Crippen LogP contribution is -2.31. The zero-order valence-electron chi connectivity index (χ0n) is 11.7. The third kappa shape index (κ3) is 3.66. The number of likely N-dealkylation sites (tertiary alicyclic amines) is 1. The fourth-order valence-corrected chi connectivity index (χ4v) is 4.23. The maximum Gasteiger partial charge on any atom is 0.222 e. The number of carbonyl (C=O) groups excluding carboxylic acids is 1. The Hall–Kier alpha value is -1.33. The minimum Gasteiger partial charge on any atom is -0.341 e. The molecular weight excluding hydrogens is 310 g/mol. The van der Waals surface area contributed by atoms with Gasteiger partial charge in [0.1, 0.15) is 0 Å². The Morgan fingerprint density at radius 1 is 1.38 bits per heavy atom. The first-order valence-electron chi connectivity index (χ1n) is 6.83. The van der Waals surface area contributed by atoms with Crippen LogP contribution >= 0.6 is 11.6 Å². The van der Waals surface area contributed by atoms with E-state index in [-0.39, 0.29) is 17.3 Å². The molecule has 1 heterocycles. The quantitative estimate of drug-likeness (QED) is 0.781. The number of rotatable bonds is 5. The number of allylic oxidation sites excluding steroid dienone is 1. The molecule has 2 rings (SSSR count). The monoisotopic (exact) mass is 327 g/mol. The van der Waals surface area contributed by atoms with Crippen LogP contribution in [0.2, 0.25) is 5.02 Å². The van der Waals surface area contributed by atoms with E-state index in [1.54, 1.807) is 23.1 Å². The molecule has 1 amide bonds. The van der Waals surface area contributed by atoms with Gasteiger partial charge in [-0.3, -0.25) is 4.79 Å². The van der Waals surface area contributed by atoms with Crippen molar-refractivity contribution >= 4 is 27.3 Å². The Balaban J connectivity index is 2.08. The summed E-state index contributed by atoms with van der Waals surface area (Å²) in [6, 6.07) is 6.16. The average Bonchev–Trinajstić information content (AvgIpc) is 2.96. The summed E-state index contributed by atoms with van der Waals surface area (Å²) in [6.45, 7) is 4.34. The lowest BCUT2D eigenvalue weighted by Gasteiger charge is -2.16. The molecule has 0 aliphatic carbocycles. The fraction of sp³-hybridized carbons (Fsp3) is 0.400. The molecule has 21 heavy (non-hydrogen) atoms. The molecular formula is C15H18ClNO3S. The van der Waals surface area contributed by atoms with Crippen molar-refractivity contribution in [1.82, 2.24) is 4.90 Å². The minimum absolute atomic E-state index is 0.0105. The van der Waals surface area contributed by atoms with Crippen molar-refractivity contribution in [2.24, 2.45) is 0 Å². The molecule has 1 aromatic rings. The number of hydrogen-bond donors (Lipinski definition) is 0. The fourth-order valence-electron chi connectivity index (χ4n) is 2.41. The van der Waals surface area contributed by atoms with Crippen molar-refractivity contribution in [3.05, 3.63) is 41.9 Å². The number of nitrogens with zero attached hydrogens (tertiary/aromatic N) is 1. The Morgan fingerprint density at radius 2 is 2.05 bits per heavy atom. The van der Waals surface area contributed by atoms with Crippen molar-refractivity contribution in [3.8, 4) is 0 Å². The van der Waals surface area contributed by atoms with Gasteiger partial charge in [0, 0.05) is 24.5 Å². The summed E-state index contributed by atoms with van der Waals surface area (Å²) in [5, 5.41) is -0.0343. The summed E-state index contributed by atoms with van der Waals surface area (Å²) in [7, 11) is -3.42. The third-order valence-corrected chi connectivity index (χ3v) is 6.08. The van der Waals surface area contributed by atoms with Crippen molar-refractivity contribution in [3.63, 3.8) is 0 Å². The second kappa shape index (κ2) is 6.62. The molecule has 0 spiro atoms. The molecule has 1 aliphatic heterocycles. The molecule has 0 bridgehead atoms. The van der Waals surface area contributed by atoms with Gasteiger partial charge in [-0.25, -0.2) is 8.42 Å². The topological polar surface area (TPSA) is 54.5 Å². The van der Waals surface area contributed by atoms with Crippen LogP contribution in [0.5, 0.6) is 0 Å². The molecule has 1 aromatic carbocycles. The molecule has 0 saturated carbocycles. The highest BCUT2D eigenvalue weighted by molar-refractivity contribution is 7.92. The minimum atomic E-state index is -3.42. The van der Waals surface area contributed by atoms with Gasteiger partial charge in [-0.2, -0.15) is 0 Å². The third-order valence-electron chi connectivity index (χ3n) is 3.64. The van der Waals surface area contributed by atoms with Gasteiger partial charge in [0.25, 0.3) is 0 Å². The summed E-state index contributed by atoms with van der Waals surface area (Å²) in [5.41, 5.74) is 0. The highest BCUT2D eigenvalue weighted by Gasteiger charge is 2.35. The van der Waals surface area contributed by atoms with Crippen LogP contribution < -0.4 is 0 Å². The molecule has 1 unspecified atom stereocenters. The number of halogens is 1. The standard InChI is InChI=1S/C15H18ClNO3S/c1-2-3-4-15(18)17-10-9-14(11-17)21(19,20)13-7-5-12(16)6-8-13/h2,5-8,14H,1,3-4,9-11H2. The lowest BCUT2D eigenvalue weighted by atomic mass is 10.3. The molecule has 1 aliphatic rings. The molecule has 114 valence electrons. The molecule has 6 heteroatoms. The van der Waals surface area contributed by atoms with Crippen molar-refractivity contribution in [1.29, 1.82) is 0 Å². The van der Waals surface area contributed by atoms with Gasteiger partial charge in [-0.15, -0.1) is 6.58 Å². The Kier molecular flexibility index (Phi) is 5.06. The van der Waals surface area contributed by atoms with Crippen molar-refractivity contribution < 1.29 is 13.2 Å². The van der Waals surface area contributed by atoms with E-state index in [1.807, 2.05) is 0 Å². The average molecular weight is 328 g/mol. The van der Waals surface area contributed by atoms with Crippen LogP contribution in [0.3, 0.4) is 0 Å². The van der Waals surface area contributed by atoms with E-state index in [1.165, 1.54) is 12.1 Å². The van der Waals surface area contributed by atoms with E-state index in [2.05, 4.69) is 6.58 Å². The highest BCUT2D eigenvalue weighted by atomic mass is 35.5. The van der Waals surface area contributed by atoms with E-state index in [9.17, 15) is 13.2 Å². The molecule has 0 radical (unpaired) electrons. The molecule has 1 atom stereocenters. The summed E-state index contributed by atoms with van der Waals surface area (Å²) >= 11 is 5.78. The van der Waals surface area contributed by atoms with Crippen LogP contribution in [0.1, 0.15) is 19.3 Å². The predicted molar refractivity (Wildman–Crippen MR) is 83.1 cm³/mol. The van der Waals surface area contributed by atoms with Crippen molar-refractivity contribution in [2.75, 3.05) is 13.1 Å². The maximum atomic E-state index is 12.5. The van der Waals surface area contributed by atoms with Crippen LogP contribution in [0, 0.1) is 0 Å².